The fraction of sp³-hybridized carbons (Fsp3) is 0.250. The van der Waals surface area contributed by atoms with Crippen LogP contribution < -0.4 is 0 Å². The van der Waals surface area contributed by atoms with Crippen LogP contribution >= 0.6 is 0 Å². The standard InChI is InChI=1S/C24H21F4N5O2/c1-3-23(34,24(26,27)28)22-13-33(32-30-22)12-15-4-9-18-19(16-5-7-17(25)8-6-16)11-20(14(2)31-35)29-21(18)10-15/h4-11,13,34-35H,3,12H2,1-2H3. The van der Waals surface area contributed by atoms with Gasteiger partial charge in [0.25, 0.3) is 0 Å². The topological polar surface area (TPSA) is 96.4 Å². The minimum atomic E-state index is -4.89. The van der Waals surface area contributed by atoms with Crippen LogP contribution in [0.15, 0.2) is 59.9 Å². The lowest BCUT2D eigenvalue weighted by Crippen LogP contribution is -2.42. The van der Waals surface area contributed by atoms with Crippen LogP contribution in [0.1, 0.15) is 37.2 Å². The molecule has 4 rings (SSSR count). The van der Waals surface area contributed by atoms with Crippen LogP contribution in [0.4, 0.5) is 17.6 Å². The Hall–Kier alpha value is -3.86. The Morgan fingerprint density at radius 3 is 2.43 bits per heavy atom. The van der Waals surface area contributed by atoms with Gasteiger partial charge in [0.15, 0.2) is 0 Å². The molecular formula is C24H21F4N5O2. The number of benzene rings is 2. The lowest BCUT2D eigenvalue weighted by Gasteiger charge is -2.26. The lowest BCUT2D eigenvalue weighted by atomic mass is 9.96. The van der Waals surface area contributed by atoms with Crippen molar-refractivity contribution >= 4 is 16.6 Å². The lowest BCUT2D eigenvalue weighted by molar-refractivity contribution is -0.269. The van der Waals surface area contributed by atoms with E-state index in [0.717, 1.165) is 22.7 Å². The maximum Gasteiger partial charge on any atom is 0.423 e. The van der Waals surface area contributed by atoms with Crippen LogP contribution in [0.3, 0.4) is 0 Å². The van der Waals surface area contributed by atoms with E-state index in [0.29, 0.717) is 16.8 Å². The van der Waals surface area contributed by atoms with Crippen molar-refractivity contribution in [3.8, 4) is 11.1 Å². The first-order chi connectivity index (χ1) is 16.6. The molecule has 182 valence electrons. The summed E-state index contributed by atoms with van der Waals surface area (Å²) in [6.45, 7) is 2.87. The van der Waals surface area contributed by atoms with Crippen molar-refractivity contribution in [2.24, 2.45) is 5.16 Å². The molecule has 4 aromatic rings. The van der Waals surface area contributed by atoms with E-state index in [1.165, 1.54) is 23.7 Å². The summed E-state index contributed by atoms with van der Waals surface area (Å²) >= 11 is 0. The Balaban J connectivity index is 1.75. The van der Waals surface area contributed by atoms with Crippen molar-refractivity contribution in [3.63, 3.8) is 0 Å². The normalized spacial score (nSPS) is 14.3. The van der Waals surface area contributed by atoms with E-state index in [4.69, 9.17) is 0 Å². The molecule has 0 amide bonds. The number of hydrogen-bond donors (Lipinski definition) is 2. The van der Waals surface area contributed by atoms with Crippen molar-refractivity contribution in [3.05, 3.63) is 77.5 Å². The third-order valence-electron chi connectivity index (χ3n) is 5.84. The summed E-state index contributed by atoms with van der Waals surface area (Å²) < 4.78 is 54.7. The first kappa shape index (κ1) is 24.3. The van der Waals surface area contributed by atoms with Gasteiger partial charge in [-0.15, -0.1) is 5.10 Å². The minimum absolute atomic E-state index is 0.0749. The molecule has 11 heteroatoms. The highest BCUT2D eigenvalue weighted by Gasteiger charge is 2.55. The number of fused-ring (bicyclic) bond motifs is 1. The van der Waals surface area contributed by atoms with Gasteiger partial charge in [0, 0.05) is 5.39 Å². The van der Waals surface area contributed by atoms with Crippen molar-refractivity contribution in [2.75, 3.05) is 0 Å². The molecule has 0 aliphatic heterocycles. The maximum atomic E-state index is 13.4. The zero-order chi connectivity index (χ0) is 25.4. The molecular weight excluding hydrogens is 466 g/mol. The molecule has 2 aromatic carbocycles. The molecule has 2 aromatic heterocycles. The highest BCUT2D eigenvalue weighted by molar-refractivity contribution is 6.03. The second kappa shape index (κ2) is 9.06. The van der Waals surface area contributed by atoms with Crippen molar-refractivity contribution in [1.29, 1.82) is 0 Å². The minimum Gasteiger partial charge on any atom is -0.411 e. The predicted octanol–water partition coefficient (Wildman–Crippen LogP) is 5.04. The van der Waals surface area contributed by atoms with Crippen LogP contribution in [-0.4, -0.2) is 42.2 Å². The Labute approximate surface area is 197 Å². The highest BCUT2D eigenvalue weighted by Crippen LogP contribution is 2.40. The smallest absolute Gasteiger partial charge is 0.411 e. The third-order valence-corrected chi connectivity index (χ3v) is 5.84. The highest BCUT2D eigenvalue weighted by atomic mass is 19.4. The SMILES string of the molecule is CCC(O)(c1cn(Cc2ccc3c(-c4ccc(F)cc4)cc(C(C)=NO)nc3c2)nn1)C(F)(F)F. The van der Waals surface area contributed by atoms with Gasteiger partial charge in [-0.2, -0.15) is 13.2 Å². The Kier molecular flexibility index (Phi) is 6.28. The molecule has 0 radical (unpaired) electrons. The first-order valence-corrected chi connectivity index (χ1v) is 10.6. The maximum absolute atomic E-state index is 13.4. The van der Waals surface area contributed by atoms with Crippen LogP contribution in [-0.2, 0) is 12.1 Å². The Bertz CT molecular complexity index is 1400. The molecule has 0 aliphatic carbocycles. The Morgan fingerprint density at radius 1 is 1.09 bits per heavy atom. The molecule has 2 heterocycles. The summed E-state index contributed by atoms with van der Waals surface area (Å²) in [5.41, 5.74) is -0.341. The van der Waals surface area contributed by atoms with Crippen LogP contribution in [0.25, 0.3) is 22.0 Å². The summed E-state index contributed by atoms with van der Waals surface area (Å²) in [5.74, 6) is -0.379. The fourth-order valence-corrected chi connectivity index (χ4v) is 3.76. The molecule has 0 fully saturated rings. The zero-order valence-corrected chi connectivity index (χ0v) is 18.8. The molecule has 1 atom stereocenters. The summed E-state index contributed by atoms with van der Waals surface area (Å²) in [7, 11) is 0. The third kappa shape index (κ3) is 4.59. The van der Waals surface area contributed by atoms with Gasteiger partial charge in [-0.1, -0.05) is 41.6 Å². The number of oxime groups is 1. The van der Waals surface area contributed by atoms with Gasteiger partial charge in [0.2, 0.25) is 5.60 Å². The number of aromatic nitrogens is 4. The number of rotatable bonds is 6. The molecule has 0 saturated heterocycles. The predicted molar refractivity (Wildman–Crippen MR) is 121 cm³/mol. The van der Waals surface area contributed by atoms with E-state index in [-0.39, 0.29) is 18.1 Å². The monoisotopic (exact) mass is 487 g/mol. The number of hydrogen-bond acceptors (Lipinski definition) is 6. The van der Waals surface area contributed by atoms with Gasteiger partial charge >= 0.3 is 6.18 Å². The van der Waals surface area contributed by atoms with E-state index in [9.17, 15) is 27.9 Å². The molecule has 1 unspecified atom stereocenters. The van der Waals surface area contributed by atoms with E-state index < -0.39 is 23.9 Å². The number of alkyl halides is 3. The van der Waals surface area contributed by atoms with E-state index in [2.05, 4.69) is 20.5 Å². The van der Waals surface area contributed by atoms with Gasteiger partial charge in [-0.25, -0.2) is 14.1 Å². The molecule has 7 nitrogen and oxygen atoms in total. The number of halogens is 4. The van der Waals surface area contributed by atoms with Gasteiger partial charge in [-0.3, -0.25) is 0 Å². The molecule has 0 aliphatic rings. The van der Waals surface area contributed by atoms with Gasteiger partial charge in [-0.05, 0) is 54.3 Å². The van der Waals surface area contributed by atoms with E-state index in [1.807, 2.05) is 0 Å². The largest absolute Gasteiger partial charge is 0.423 e. The first-order valence-electron chi connectivity index (χ1n) is 10.6. The number of aliphatic hydroxyl groups is 1. The number of nitrogens with zero attached hydrogens (tertiary/aromatic N) is 5. The van der Waals surface area contributed by atoms with Crippen molar-refractivity contribution < 1.29 is 27.9 Å². The Morgan fingerprint density at radius 2 is 1.80 bits per heavy atom. The van der Waals surface area contributed by atoms with Crippen molar-refractivity contribution in [2.45, 2.75) is 38.6 Å². The second-order valence-corrected chi connectivity index (χ2v) is 8.11. The van der Waals surface area contributed by atoms with Crippen LogP contribution in [0.2, 0.25) is 0 Å². The molecule has 0 bridgehead atoms. The fourth-order valence-electron chi connectivity index (χ4n) is 3.76. The average molecular weight is 487 g/mol. The molecule has 0 spiro atoms. The average Bonchev–Trinajstić information content (AvgIpc) is 3.30. The summed E-state index contributed by atoms with van der Waals surface area (Å²) in [5, 5.41) is 30.6. The molecule has 2 N–H and O–H groups in total. The van der Waals surface area contributed by atoms with E-state index in [1.54, 1.807) is 43.3 Å². The zero-order valence-electron chi connectivity index (χ0n) is 18.8. The van der Waals surface area contributed by atoms with Gasteiger partial charge in [0.1, 0.15) is 17.2 Å². The summed E-state index contributed by atoms with van der Waals surface area (Å²) in [6, 6.07) is 12.9. The quantitative estimate of drug-likeness (QED) is 0.172. The summed E-state index contributed by atoms with van der Waals surface area (Å²) in [4.78, 5) is 4.54. The van der Waals surface area contributed by atoms with E-state index >= 15 is 0 Å². The molecule has 0 saturated carbocycles. The van der Waals surface area contributed by atoms with Gasteiger partial charge < -0.3 is 10.3 Å². The van der Waals surface area contributed by atoms with Crippen molar-refractivity contribution in [1.82, 2.24) is 20.0 Å². The number of pyridine rings is 1. The summed E-state index contributed by atoms with van der Waals surface area (Å²) in [6.07, 6.45) is -4.43. The van der Waals surface area contributed by atoms with Crippen LogP contribution in [0, 0.1) is 5.82 Å². The molecule has 35 heavy (non-hydrogen) atoms. The second-order valence-electron chi connectivity index (χ2n) is 8.11. The van der Waals surface area contributed by atoms with Crippen LogP contribution in [0.5, 0.6) is 0 Å². The van der Waals surface area contributed by atoms with Gasteiger partial charge in [0.05, 0.1) is 24.0 Å².